The van der Waals surface area contributed by atoms with Crippen molar-refractivity contribution >= 4 is 19.4 Å². The molecule has 0 bridgehead atoms. The Morgan fingerprint density at radius 1 is 1.14 bits per heavy atom. The molecule has 0 aliphatic carbocycles. The predicted octanol–water partition coefficient (Wildman–Crippen LogP) is 4.58. The van der Waals surface area contributed by atoms with E-state index in [1.165, 1.54) is 0 Å². The van der Waals surface area contributed by atoms with Crippen LogP contribution in [0.25, 0.3) is 11.0 Å². The van der Waals surface area contributed by atoms with Crippen LogP contribution in [0.5, 0.6) is 0 Å². The summed E-state index contributed by atoms with van der Waals surface area (Å²) in [5.74, 6) is 0. The monoisotopic (exact) mass is 412 g/mol. The lowest BCUT2D eigenvalue weighted by Gasteiger charge is -2.36. The van der Waals surface area contributed by atoms with Gasteiger partial charge in [-0.25, -0.2) is 4.68 Å². The molecule has 0 radical (unpaired) electrons. The van der Waals surface area contributed by atoms with E-state index in [9.17, 15) is 5.11 Å². The summed E-state index contributed by atoms with van der Waals surface area (Å²) in [7, 11) is -0.0142. The van der Waals surface area contributed by atoms with Crippen LogP contribution in [0.15, 0.2) is 24.3 Å². The van der Waals surface area contributed by atoms with Crippen LogP contribution in [0.1, 0.15) is 55.0 Å². The number of rotatable bonds is 5. The fraction of sp³-hybridized carbons (Fsp3) is 0.500. The first-order chi connectivity index (χ1) is 13.4. The minimum Gasteiger partial charge on any atom is -0.411 e. The third-order valence-electron chi connectivity index (χ3n) is 6.25. The molecular weight excluding hydrogens is 380 g/mol. The van der Waals surface area contributed by atoms with Crippen molar-refractivity contribution in [3.63, 3.8) is 0 Å². The SMILES string of the molecule is Cc1ccc(C(O)c2ccc3c(nnn3C)c2C)nc1CO[Si](C)(C)C(C)(C)C. The maximum atomic E-state index is 11.1. The standard InChI is InChI=1S/C22H32N4O2Si/c1-14-9-11-17(23-18(14)13-28-29(7,8)22(3,4)5)21(27)16-10-12-19-20(15(16)2)24-25-26(19)6/h9-12,21,27H,13H2,1-8H3. The largest absolute Gasteiger partial charge is 0.411 e. The van der Waals surface area contributed by atoms with Crippen LogP contribution in [-0.4, -0.2) is 33.4 Å². The fourth-order valence-corrected chi connectivity index (χ4v) is 3.99. The number of nitrogens with zero attached hydrogens (tertiary/aromatic N) is 4. The van der Waals surface area contributed by atoms with Crippen LogP contribution >= 0.6 is 0 Å². The molecule has 3 rings (SSSR count). The highest BCUT2D eigenvalue weighted by atomic mass is 28.4. The number of aliphatic hydroxyl groups is 1. The quantitative estimate of drug-likeness (QED) is 0.621. The normalized spacial score (nSPS) is 13.8. The lowest BCUT2D eigenvalue weighted by Crippen LogP contribution is -2.40. The Kier molecular flexibility index (Phi) is 5.68. The average molecular weight is 413 g/mol. The predicted molar refractivity (Wildman–Crippen MR) is 118 cm³/mol. The van der Waals surface area contributed by atoms with Crippen molar-refractivity contribution < 1.29 is 9.53 Å². The van der Waals surface area contributed by atoms with Gasteiger partial charge in [0.2, 0.25) is 0 Å². The third-order valence-corrected chi connectivity index (χ3v) is 10.7. The number of aliphatic hydroxyl groups excluding tert-OH is 1. The van der Waals surface area contributed by atoms with E-state index in [0.29, 0.717) is 12.3 Å². The molecule has 156 valence electrons. The van der Waals surface area contributed by atoms with E-state index in [1.807, 2.05) is 45.2 Å². The van der Waals surface area contributed by atoms with E-state index in [4.69, 9.17) is 9.41 Å². The van der Waals surface area contributed by atoms with Crippen LogP contribution < -0.4 is 0 Å². The zero-order valence-electron chi connectivity index (χ0n) is 18.7. The molecule has 1 aromatic carbocycles. The zero-order chi connectivity index (χ0) is 21.6. The highest BCUT2D eigenvalue weighted by molar-refractivity contribution is 6.74. The van der Waals surface area contributed by atoms with Crippen molar-refractivity contribution in [2.24, 2.45) is 7.05 Å². The van der Waals surface area contributed by atoms with Gasteiger partial charge in [-0.3, -0.25) is 4.98 Å². The molecule has 0 saturated heterocycles. The summed E-state index contributed by atoms with van der Waals surface area (Å²) in [5, 5.41) is 19.5. The van der Waals surface area contributed by atoms with Crippen LogP contribution in [0.2, 0.25) is 18.1 Å². The number of pyridine rings is 1. The number of hydrogen-bond acceptors (Lipinski definition) is 5. The molecule has 6 nitrogen and oxygen atoms in total. The summed E-state index contributed by atoms with van der Waals surface area (Å²) in [6, 6.07) is 7.76. The van der Waals surface area contributed by atoms with E-state index in [-0.39, 0.29) is 5.04 Å². The van der Waals surface area contributed by atoms with Gasteiger partial charge in [-0.2, -0.15) is 0 Å². The molecule has 0 aliphatic heterocycles. The van der Waals surface area contributed by atoms with Crippen molar-refractivity contribution in [1.29, 1.82) is 0 Å². The van der Waals surface area contributed by atoms with Gasteiger partial charge in [0.1, 0.15) is 11.6 Å². The highest BCUT2D eigenvalue weighted by Crippen LogP contribution is 2.37. The molecule has 1 unspecified atom stereocenters. The number of aryl methyl sites for hydroxylation is 3. The fourth-order valence-electron chi connectivity index (χ4n) is 3.06. The van der Waals surface area contributed by atoms with E-state index in [1.54, 1.807) is 4.68 Å². The second-order valence-electron chi connectivity index (χ2n) is 9.31. The molecule has 0 saturated carbocycles. The van der Waals surface area contributed by atoms with Crippen molar-refractivity contribution in [1.82, 2.24) is 20.0 Å². The molecule has 0 fully saturated rings. The Balaban J connectivity index is 1.90. The summed E-state index contributed by atoms with van der Waals surface area (Å²) < 4.78 is 8.09. The Hall–Kier alpha value is -2.09. The van der Waals surface area contributed by atoms with E-state index in [2.05, 4.69) is 44.2 Å². The first-order valence-corrected chi connectivity index (χ1v) is 12.9. The molecule has 1 N–H and O–H groups in total. The molecule has 1 atom stereocenters. The molecule has 0 amide bonds. The van der Waals surface area contributed by atoms with E-state index in [0.717, 1.165) is 33.4 Å². The summed E-state index contributed by atoms with van der Waals surface area (Å²) in [6.07, 6.45) is -0.825. The second-order valence-corrected chi connectivity index (χ2v) is 14.1. The molecule has 0 spiro atoms. The van der Waals surface area contributed by atoms with Gasteiger partial charge in [0.25, 0.3) is 0 Å². The number of fused-ring (bicyclic) bond motifs is 1. The average Bonchev–Trinajstić information content (AvgIpc) is 3.02. The summed E-state index contributed by atoms with van der Waals surface area (Å²) in [5.41, 5.74) is 6.03. The van der Waals surface area contributed by atoms with Crippen molar-refractivity contribution in [2.75, 3.05) is 0 Å². The Labute approximate surface area is 174 Å². The molecular formula is C22H32N4O2Si. The minimum atomic E-state index is -1.88. The van der Waals surface area contributed by atoms with Gasteiger partial charge < -0.3 is 9.53 Å². The first-order valence-electron chi connectivity index (χ1n) is 9.99. The molecule has 3 aromatic rings. The number of benzene rings is 1. The lowest BCUT2D eigenvalue weighted by atomic mass is 9.99. The van der Waals surface area contributed by atoms with Gasteiger partial charge in [0.15, 0.2) is 8.32 Å². The Morgan fingerprint density at radius 2 is 1.83 bits per heavy atom. The van der Waals surface area contributed by atoms with E-state index < -0.39 is 14.4 Å². The maximum Gasteiger partial charge on any atom is 0.192 e. The van der Waals surface area contributed by atoms with Crippen LogP contribution in [0, 0.1) is 13.8 Å². The van der Waals surface area contributed by atoms with Crippen LogP contribution in [0.3, 0.4) is 0 Å². The van der Waals surface area contributed by atoms with Gasteiger partial charge in [-0.05, 0) is 60.8 Å². The minimum absolute atomic E-state index is 0.140. The molecule has 29 heavy (non-hydrogen) atoms. The summed E-state index contributed by atoms with van der Waals surface area (Å²) >= 11 is 0. The van der Waals surface area contributed by atoms with Gasteiger partial charge >= 0.3 is 0 Å². The molecule has 2 heterocycles. The van der Waals surface area contributed by atoms with E-state index >= 15 is 0 Å². The molecule has 7 heteroatoms. The lowest BCUT2D eigenvalue weighted by molar-refractivity contribution is 0.213. The smallest absolute Gasteiger partial charge is 0.192 e. The second kappa shape index (κ2) is 7.63. The van der Waals surface area contributed by atoms with Crippen molar-refractivity contribution in [2.45, 2.75) is 65.5 Å². The maximum absolute atomic E-state index is 11.1. The third kappa shape index (κ3) is 4.13. The Bertz CT molecular complexity index is 1040. The van der Waals surface area contributed by atoms with Crippen molar-refractivity contribution in [3.8, 4) is 0 Å². The van der Waals surface area contributed by atoms with Gasteiger partial charge in [-0.15, -0.1) is 5.10 Å². The number of hydrogen-bond donors (Lipinski definition) is 1. The Morgan fingerprint density at radius 3 is 2.48 bits per heavy atom. The molecule has 0 aliphatic rings. The zero-order valence-corrected chi connectivity index (χ0v) is 19.7. The topological polar surface area (TPSA) is 73.1 Å². The van der Waals surface area contributed by atoms with Crippen molar-refractivity contribution in [3.05, 3.63) is 52.3 Å². The van der Waals surface area contributed by atoms with Gasteiger partial charge in [0.05, 0.1) is 23.5 Å². The number of aromatic nitrogens is 4. The van der Waals surface area contributed by atoms with Crippen LogP contribution in [-0.2, 0) is 18.1 Å². The first kappa shape index (κ1) is 21.6. The summed E-state index contributed by atoms with van der Waals surface area (Å²) in [6.45, 7) is 15.6. The molecule has 2 aromatic heterocycles. The van der Waals surface area contributed by atoms with Gasteiger partial charge in [0, 0.05) is 7.05 Å². The van der Waals surface area contributed by atoms with Crippen LogP contribution in [0.4, 0.5) is 0 Å². The van der Waals surface area contributed by atoms with Gasteiger partial charge in [-0.1, -0.05) is 38.1 Å². The highest BCUT2D eigenvalue weighted by Gasteiger charge is 2.37. The summed E-state index contributed by atoms with van der Waals surface area (Å²) in [4.78, 5) is 4.77.